The van der Waals surface area contributed by atoms with E-state index in [1.165, 1.54) is 44.1 Å². The average molecular weight is 561 g/mol. The van der Waals surface area contributed by atoms with Crippen LogP contribution in [0.4, 0.5) is 0 Å². The first kappa shape index (κ1) is 24.9. The number of oxazole rings is 1. The molecule has 0 atom stereocenters. The fourth-order valence-electron chi connectivity index (χ4n) is 8.78. The van der Waals surface area contributed by atoms with Gasteiger partial charge in [-0.05, 0) is 67.3 Å². The monoisotopic (exact) mass is 560 g/mol. The number of hydrogen-bond acceptors (Lipinski definition) is 5. The second kappa shape index (κ2) is 9.70. The highest BCUT2D eigenvalue weighted by molar-refractivity contribution is 5.93. The molecule has 10 rings (SSSR count). The molecule has 0 N–H and O–H groups in total. The summed E-state index contributed by atoms with van der Waals surface area (Å²) < 4.78 is 6.17. The summed E-state index contributed by atoms with van der Waals surface area (Å²) in [4.78, 5) is 19.4. The molecule has 4 bridgehead atoms. The van der Waals surface area contributed by atoms with E-state index in [1.807, 2.05) is 60.7 Å². The van der Waals surface area contributed by atoms with E-state index in [9.17, 15) is 0 Å². The lowest BCUT2D eigenvalue weighted by Crippen LogP contribution is -2.48. The highest BCUT2D eigenvalue weighted by Gasteiger charge is 2.52. The van der Waals surface area contributed by atoms with E-state index in [0.717, 1.165) is 56.7 Å². The highest BCUT2D eigenvalue weighted by Crippen LogP contribution is 2.61. The van der Waals surface area contributed by atoms with Crippen LogP contribution >= 0.6 is 0 Å². The minimum atomic E-state index is 0.264. The standard InChI is InChI=1S/C38H32N4O/c1-3-7-28(8-4-1)35-40-36(29-9-5-2-6-10-29)42-37(41-35)30-13-11-27(12-14-30)31-15-16-32(34-33(31)39-23-43-34)38-20-24-17-25(21-38)19-26(18-24)22-38/h1-16,23-26H,17-22H2. The second-order valence-corrected chi connectivity index (χ2v) is 13.0. The molecule has 4 fully saturated rings. The van der Waals surface area contributed by atoms with E-state index in [-0.39, 0.29) is 5.41 Å². The minimum Gasteiger partial charge on any atom is -0.443 e. The molecular formula is C38H32N4O. The van der Waals surface area contributed by atoms with Gasteiger partial charge in [-0.15, -0.1) is 0 Å². The Morgan fingerprint density at radius 1 is 0.535 bits per heavy atom. The zero-order valence-electron chi connectivity index (χ0n) is 24.0. The molecular weight excluding hydrogens is 528 g/mol. The van der Waals surface area contributed by atoms with Gasteiger partial charge in [0.05, 0.1) is 0 Å². The first-order valence-corrected chi connectivity index (χ1v) is 15.6. The van der Waals surface area contributed by atoms with Crippen molar-refractivity contribution in [2.75, 3.05) is 0 Å². The van der Waals surface area contributed by atoms with Gasteiger partial charge in [0.2, 0.25) is 0 Å². The summed E-state index contributed by atoms with van der Waals surface area (Å²) in [7, 11) is 0. The average Bonchev–Trinajstić information content (AvgIpc) is 3.55. The van der Waals surface area contributed by atoms with Crippen LogP contribution in [0.5, 0.6) is 0 Å². The summed E-state index contributed by atoms with van der Waals surface area (Å²) in [5.41, 5.74) is 8.71. The molecule has 4 saturated carbocycles. The number of fused-ring (bicyclic) bond motifs is 1. The Morgan fingerprint density at radius 3 is 1.56 bits per heavy atom. The Hall–Kier alpha value is -4.64. The third kappa shape index (κ3) is 4.21. The first-order chi connectivity index (χ1) is 21.2. The van der Waals surface area contributed by atoms with Crippen LogP contribution in [0, 0.1) is 17.8 Å². The Bertz CT molecular complexity index is 1850. The number of rotatable bonds is 5. The lowest BCUT2D eigenvalue weighted by atomic mass is 9.48. The van der Waals surface area contributed by atoms with Crippen LogP contribution in [0.2, 0.25) is 0 Å². The molecule has 2 heterocycles. The number of benzene rings is 4. The molecule has 4 aliphatic rings. The van der Waals surface area contributed by atoms with E-state index in [4.69, 9.17) is 24.4 Å². The zero-order chi connectivity index (χ0) is 28.4. The van der Waals surface area contributed by atoms with E-state index < -0.39 is 0 Å². The Kier molecular flexibility index (Phi) is 5.62. The number of hydrogen-bond donors (Lipinski definition) is 0. The van der Waals surface area contributed by atoms with Crippen LogP contribution in [0.1, 0.15) is 44.1 Å². The summed E-state index contributed by atoms with van der Waals surface area (Å²) >= 11 is 0. The van der Waals surface area contributed by atoms with Gasteiger partial charge in [0, 0.05) is 27.8 Å². The normalized spacial score (nSPS) is 24.0. The van der Waals surface area contributed by atoms with Gasteiger partial charge in [0.15, 0.2) is 29.4 Å². The molecule has 5 nitrogen and oxygen atoms in total. The molecule has 0 spiro atoms. The molecule has 5 heteroatoms. The molecule has 0 aliphatic heterocycles. The lowest BCUT2D eigenvalue weighted by molar-refractivity contribution is -0.00487. The van der Waals surface area contributed by atoms with Crippen LogP contribution in [-0.2, 0) is 5.41 Å². The third-order valence-corrected chi connectivity index (χ3v) is 10.2. The van der Waals surface area contributed by atoms with Gasteiger partial charge >= 0.3 is 0 Å². The Morgan fingerprint density at radius 2 is 1.02 bits per heavy atom. The van der Waals surface area contributed by atoms with Crippen molar-refractivity contribution in [1.29, 1.82) is 0 Å². The van der Waals surface area contributed by atoms with Gasteiger partial charge < -0.3 is 4.42 Å². The zero-order valence-corrected chi connectivity index (χ0v) is 24.0. The Labute approximate surface area is 251 Å². The molecule has 0 saturated heterocycles. The molecule has 4 aromatic carbocycles. The van der Waals surface area contributed by atoms with Crippen molar-refractivity contribution >= 4 is 11.1 Å². The predicted octanol–water partition coefficient (Wildman–Crippen LogP) is 9.15. The van der Waals surface area contributed by atoms with Gasteiger partial charge in [0.25, 0.3) is 0 Å². The SMILES string of the molecule is c1ccc(-c2nc(-c3ccccc3)nc(-c3ccc(-c4ccc(C56CC7CC(CC(C7)C5)C6)c5ocnc45)cc3)n2)cc1. The van der Waals surface area contributed by atoms with Crippen molar-refractivity contribution in [2.24, 2.45) is 17.8 Å². The van der Waals surface area contributed by atoms with Crippen LogP contribution in [0.25, 0.3) is 56.4 Å². The maximum absolute atomic E-state index is 6.17. The molecule has 4 aliphatic carbocycles. The predicted molar refractivity (Wildman–Crippen MR) is 169 cm³/mol. The molecule has 0 amide bonds. The van der Waals surface area contributed by atoms with Gasteiger partial charge in [-0.3, -0.25) is 0 Å². The van der Waals surface area contributed by atoms with Crippen molar-refractivity contribution in [2.45, 2.75) is 43.9 Å². The summed E-state index contributed by atoms with van der Waals surface area (Å²) in [6, 6.07) is 33.3. The van der Waals surface area contributed by atoms with Gasteiger partial charge in [0.1, 0.15) is 5.52 Å². The van der Waals surface area contributed by atoms with E-state index in [2.05, 4.69) is 36.4 Å². The third-order valence-electron chi connectivity index (χ3n) is 10.2. The van der Waals surface area contributed by atoms with E-state index in [0.29, 0.717) is 17.5 Å². The maximum Gasteiger partial charge on any atom is 0.182 e. The molecule has 43 heavy (non-hydrogen) atoms. The van der Waals surface area contributed by atoms with Crippen molar-refractivity contribution < 1.29 is 4.42 Å². The fourth-order valence-corrected chi connectivity index (χ4v) is 8.78. The van der Waals surface area contributed by atoms with Crippen molar-refractivity contribution in [3.63, 3.8) is 0 Å². The highest BCUT2D eigenvalue weighted by atomic mass is 16.3. The first-order valence-electron chi connectivity index (χ1n) is 15.6. The van der Waals surface area contributed by atoms with Crippen LogP contribution in [0.3, 0.4) is 0 Å². The molecule has 6 aromatic rings. The molecule has 2 aromatic heterocycles. The van der Waals surface area contributed by atoms with Crippen molar-refractivity contribution in [1.82, 2.24) is 19.9 Å². The van der Waals surface area contributed by atoms with E-state index >= 15 is 0 Å². The summed E-state index contributed by atoms with van der Waals surface area (Å²) in [6.45, 7) is 0. The lowest BCUT2D eigenvalue weighted by Gasteiger charge is -2.57. The smallest absolute Gasteiger partial charge is 0.182 e. The second-order valence-electron chi connectivity index (χ2n) is 13.0. The number of aromatic nitrogens is 4. The van der Waals surface area contributed by atoms with Crippen molar-refractivity contribution in [3.05, 3.63) is 109 Å². The quantitative estimate of drug-likeness (QED) is 0.210. The van der Waals surface area contributed by atoms with Crippen LogP contribution < -0.4 is 0 Å². The number of nitrogens with zero attached hydrogens (tertiary/aromatic N) is 4. The van der Waals surface area contributed by atoms with Gasteiger partial charge in [-0.25, -0.2) is 19.9 Å². The maximum atomic E-state index is 6.17. The molecule has 0 unspecified atom stereocenters. The summed E-state index contributed by atoms with van der Waals surface area (Å²) in [5, 5.41) is 0. The largest absolute Gasteiger partial charge is 0.443 e. The van der Waals surface area contributed by atoms with Crippen molar-refractivity contribution in [3.8, 4) is 45.3 Å². The minimum absolute atomic E-state index is 0.264. The van der Waals surface area contributed by atoms with Gasteiger partial charge in [-0.1, -0.05) is 97.1 Å². The van der Waals surface area contributed by atoms with Crippen LogP contribution in [0.15, 0.2) is 108 Å². The topological polar surface area (TPSA) is 64.7 Å². The fraction of sp³-hybridized carbons (Fsp3) is 0.263. The molecule has 0 radical (unpaired) electrons. The van der Waals surface area contributed by atoms with Crippen LogP contribution in [-0.4, -0.2) is 19.9 Å². The summed E-state index contributed by atoms with van der Waals surface area (Å²) in [5.74, 6) is 4.64. The summed E-state index contributed by atoms with van der Waals surface area (Å²) in [6.07, 6.45) is 9.87. The Balaban J connectivity index is 1.09. The molecule has 210 valence electrons. The van der Waals surface area contributed by atoms with E-state index in [1.54, 1.807) is 6.39 Å². The van der Waals surface area contributed by atoms with Gasteiger partial charge in [-0.2, -0.15) is 0 Å².